The van der Waals surface area contributed by atoms with E-state index in [9.17, 15) is 19.8 Å². The highest BCUT2D eigenvalue weighted by Gasteiger charge is 2.42. The summed E-state index contributed by atoms with van der Waals surface area (Å²) < 4.78 is 12.1. The average molecular weight is 561 g/mol. The van der Waals surface area contributed by atoms with Crippen LogP contribution in [0.2, 0.25) is 0 Å². The van der Waals surface area contributed by atoms with E-state index in [1.807, 2.05) is 24.3 Å². The summed E-state index contributed by atoms with van der Waals surface area (Å²) in [6.45, 7) is 0.322. The maximum Gasteiger partial charge on any atom is 0.343 e. The average Bonchev–Trinajstić information content (AvgIpc) is 3.37. The van der Waals surface area contributed by atoms with Crippen LogP contribution >= 0.6 is 15.9 Å². The fourth-order valence-corrected chi connectivity index (χ4v) is 5.50. The zero-order valence-corrected chi connectivity index (χ0v) is 20.9. The van der Waals surface area contributed by atoms with Crippen LogP contribution in [0.15, 0.2) is 95.7 Å². The van der Waals surface area contributed by atoms with E-state index in [0.29, 0.717) is 17.3 Å². The number of aromatic hydroxyl groups is 2. The Balaban J connectivity index is 1.65. The van der Waals surface area contributed by atoms with Gasteiger partial charge in [-0.3, -0.25) is 5.43 Å². The molecule has 9 heteroatoms. The summed E-state index contributed by atoms with van der Waals surface area (Å²) in [5.41, 5.74) is 5.83. The lowest BCUT2D eigenvalue weighted by Gasteiger charge is -2.28. The molecule has 2 atom stereocenters. The van der Waals surface area contributed by atoms with Crippen LogP contribution in [0.4, 0.5) is 0 Å². The second-order valence-corrected chi connectivity index (χ2v) is 9.91. The Morgan fingerprint density at radius 3 is 1.84 bits per heavy atom. The van der Waals surface area contributed by atoms with E-state index in [0.717, 1.165) is 10.0 Å². The number of para-hydroxylation sites is 2. The zero-order chi connectivity index (χ0) is 25.7. The molecular weight excluding hydrogens is 540 g/mol. The van der Waals surface area contributed by atoms with Crippen molar-refractivity contribution in [3.8, 4) is 11.5 Å². The predicted molar refractivity (Wildman–Crippen MR) is 142 cm³/mol. The SMILES string of the molecule is O=c1oc2ccccc2c(O)c1C(c1c(O)c2ccccc2oc1=O)C1CNNC1c1ccc(Br)cc1. The molecule has 0 radical (unpaired) electrons. The van der Waals surface area contributed by atoms with Crippen molar-refractivity contribution in [1.82, 2.24) is 10.9 Å². The van der Waals surface area contributed by atoms with Crippen molar-refractivity contribution in [1.29, 1.82) is 0 Å². The Kier molecular flexibility index (Phi) is 5.83. The Labute approximate surface area is 218 Å². The van der Waals surface area contributed by atoms with E-state index < -0.39 is 23.1 Å². The van der Waals surface area contributed by atoms with Crippen LogP contribution in [0.3, 0.4) is 0 Å². The summed E-state index contributed by atoms with van der Waals surface area (Å²) in [7, 11) is 0. The van der Waals surface area contributed by atoms with Crippen LogP contribution < -0.4 is 22.1 Å². The summed E-state index contributed by atoms with van der Waals surface area (Å²) >= 11 is 3.45. The van der Waals surface area contributed by atoms with Crippen molar-refractivity contribution in [3.05, 3.63) is 115 Å². The minimum absolute atomic E-state index is 0.116. The number of hydrazine groups is 1. The van der Waals surface area contributed by atoms with Crippen molar-refractivity contribution in [3.63, 3.8) is 0 Å². The van der Waals surface area contributed by atoms with Crippen LogP contribution in [0.1, 0.15) is 28.7 Å². The van der Waals surface area contributed by atoms with Gasteiger partial charge in [-0.2, -0.15) is 0 Å². The largest absolute Gasteiger partial charge is 0.507 e. The maximum absolute atomic E-state index is 13.4. The van der Waals surface area contributed by atoms with E-state index in [1.54, 1.807) is 48.5 Å². The lowest BCUT2D eigenvalue weighted by atomic mass is 9.76. The molecule has 6 rings (SSSR count). The van der Waals surface area contributed by atoms with Crippen molar-refractivity contribution in [2.45, 2.75) is 12.0 Å². The van der Waals surface area contributed by atoms with E-state index in [4.69, 9.17) is 8.83 Å². The second-order valence-electron chi connectivity index (χ2n) is 8.99. The van der Waals surface area contributed by atoms with Gasteiger partial charge in [-0.1, -0.05) is 52.3 Å². The minimum atomic E-state index is -1.07. The molecule has 0 spiro atoms. The van der Waals surface area contributed by atoms with Gasteiger partial charge in [0.2, 0.25) is 0 Å². The van der Waals surface area contributed by atoms with Crippen molar-refractivity contribution < 1.29 is 19.0 Å². The van der Waals surface area contributed by atoms with Gasteiger partial charge in [0.05, 0.1) is 27.9 Å². The fourth-order valence-electron chi connectivity index (χ4n) is 5.24. The summed E-state index contributed by atoms with van der Waals surface area (Å²) in [5, 5.41) is 23.4. The van der Waals surface area contributed by atoms with E-state index in [-0.39, 0.29) is 39.8 Å². The lowest BCUT2D eigenvalue weighted by molar-refractivity contribution is 0.375. The molecule has 0 saturated carbocycles. The maximum atomic E-state index is 13.4. The molecule has 1 saturated heterocycles. The predicted octanol–water partition coefficient (Wildman–Crippen LogP) is 4.67. The lowest BCUT2D eigenvalue weighted by Crippen LogP contribution is -2.30. The topological polar surface area (TPSA) is 125 Å². The number of rotatable bonds is 4. The number of nitrogens with one attached hydrogen (secondary N) is 2. The first-order chi connectivity index (χ1) is 17.9. The number of benzene rings is 3. The van der Waals surface area contributed by atoms with Crippen LogP contribution in [0.5, 0.6) is 11.5 Å². The van der Waals surface area contributed by atoms with Gasteiger partial charge >= 0.3 is 11.3 Å². The van der Waals surface area contributed by atoms with E-state index >= 15 is 0 Å². The summed E-state index contributed by atoms with van der Waals surface area (Å²) in [5.74, 6) is -2.17. The summed E-state index contributed by atoms with van der Waals surface area (Å²) in [6.07, 6.45) is 0. The number of hydrogen-bond donors (Lipinski definition) is 4. The smallest absolute Gasteiger partial charge is 0.343 e. The van der Waals surface area contributed by atoms with Crippen LogP contribution in [0, 0.1) is 5.92 Å². The molecule has 186 valence electrons. The molecule has 8 nitrogen and oxygen atoms in total. The Hall–Kier alpha value is -3.92. The third-order valence-corrected chi connectivity index (χ3v) is 7.47. The quantitative estimate of drug-likeness (QED) is 0.234. The molecular formula is C28H21BrN2O6. The molecule has 3 aromatic carbocycles. The summed E-state index contributed by atoms with van der Waals surface area (Å²) in [4.78, 5) is 26.8. The first-order valence-electron chi connectivity index (χ1n) is 11.7. The van der Waals surface area contributed by atoms with Gasteiger partial charge < -0.3 is 19.0 Å². The van der Waals surface area contributed by atoms with Gasteiger partial charge in [-0.15, -0.1) is 0 Å². The third-order valence-electron chi connectivity index (χ3n) is 6.94. The number of halogens is 1. The highest BCUT2D eigenvalue weighted by molar-refractivity contribution is 9.10. The molecule has 0 bridgehead atoms. The van der Waals surface area contributed by atoms with Crippen LogP contribution in [0.25, 0.3) is 21.9 Å². The Morgan fingerprint density at radius 2 is 1.30 bits per heavy atom. The van der Waals surface area contributed by atoms with Gasteiger partial charge in [0.25, 0.3) is 0 Å². The first kappa shape index (κ1) is 23.5. The minimum Gasteiger partial charge on any atom is -0.507 e. The molecule has 1 fully saturated rings. The van der Waals surface area contributed by atoms with Crippen molar-refractivity contribution in [2.75, 3.05) is 6.54 Å². The molecule has 5 aromatic rings. The molecule has 2 unspecified atom stereocenters. The van der Waals surface area contributed by atoms with Crippen LogP contribution in [-0.2, 0) is 0 Å². The molecule has 3 heterocycles. The molecule has 37 heavy (non-hydrogen) atoms. The van der Waals surface area contributed by atoms with E-state index in [2.05, 4.69) is 26.8 Å². The highest BCUT2D eigenvalue weighted by Crippen LogP contribution is 2.46. The molecule has 2 aromatic heterocycles. The van der Waals surface area contributed by atoms with Crippen LogP contribution in [-0.4, -0.2) is 16.8 Å². The molecule has 0 aliphatic carbocycles. The molecule has 1 aliphatic heterocycles. The van der Waals surface area contributed by atoms with Gasteiger partial charge in [0, 0.05) is 22.9 Å². The molecule has 4 N–H and O–H groups in total. The normalized spacial score (nSPS) is 17.7. The number of fused-ring (bicyclic) bond motifs is 2. The second kappa shape index (κ2) is 9.19. The summed E-state index contributed by atoms with van der Waals surface area (Å²) in [6, 6.07) is 20.5. The van der Waals surface area contributed by atoms with Crippen molar-refractivity contribution >= 4 is 37.9 Å². The van der Waals surface area contributed by atoms with Gasteiger partial charge in [-0.05, 0) is 42.0 Å². The fraction of sp³-hybridized carbons (Fsp3) is 0.143. The molecule has 0 amide bonds. The van der Waals surface area contributed by atoms with Gasteiger partial charge in [0.15, 0.2) is 0 Å². The highest BCUT2D eigenvalue weighted by atomic mass is 79.9. The monoisotopic (exact) mass is 560 g/mol. The Morgan fingerprint density at radius 1 is 0.784 bits per heavy atom. The Bertz CT molecular complexity index is 1660. The van der Waals surface area contributed by atoms with Gasteiger partial charge in [0.1, 0.15) is 22.7 Å². The zero-order valence-electron chi connectivity index (χ0n) is 19.3. The van der Waals surface area contributed by atoms with Crippen molar-refractivity contribution in [2.24, 2.45) is 5.92 Å². The first-order valence-corrected chi connectivity index (χ1v) is 12.5. The molecule has 1 aliphatic rings. The third kappa shape index (κ3) is 3.92. The van der Waals surface area contributed by atoms with Gasteiger partial charge in [-0.25, -0.2) is 15.0 Å². The van der Waals surface area contributed by atoms with E-state index in [1.165, 1.54) is 0 Å². The number of hydrogen-bond acceptors (Lipinski definition) is 8. The standard InChI is InChI=1S/C28H21BrN2O6/c29-15-11-9-14(10-12-15)24-18(13-30-31-24)21(22-25(32)16-5-1-3-7-19(16)36-27(22)34)23-26(33)17-6-2-4-8-20(17)37-28(23)35/h1-12,18,21,24,30-33H,13H2.